The van der Waals surface area contributed by atoms with E-state index in [1.807, 2.05) is 0 Å². The second-order valence-electron chi connectivity index (χ2n) is 6.46. The molecule has 0 spiro atoms. The summed E-state index contributed by atoms with van der Waals surface area (Å²) in [6, 6.07) is 6.57. The molecule has 0 bridgehead atoms. The van der Waals surface area contributed by atoms with Crippen molar-refractivity contribution in [2.75, 3.05) is 19.0 Å². The van der Waals surface area contributed by atoms with Gasteiger partial charge in [-0.1, -0.05) is 0 Å². The Hall–Kier alpha value is -3.16. The molecule has 6 N–H and O–H groups in total. The molecule has 0 radical (unpaired) electrons. The lowest BCUT2D eigenvalue weighted by molar-refractivity contribution is -0.0511. The maximum Gasteiger partial charge on any atom is 0.256 e. The second kappa shape index (κ2) is 8.69. The van der Waals surface area contributed by atoms with Crippen LogP contribution in [-0.2, 0) is 4.74 Å². The van der Waals surface area contributed by atoms with Crippen LogP contribution in [0.15, 0.2) is 36.9 Å². The molecule has 1 saturated heterocycles. The van der Waals surface area contributed by atoms with Crippen molar-refractivity contribution in [3.05, 3.63) is 42.5 Å². The van der Waals surface area contributed by atoms with E-state index in [0.717, 1.165) is 0 Å². The van der Waals surface area contributed by atoms with Gasteiger partial charge in [0.1, 0.15) is 30.4 Å². The van der Waals surface area contributed by atoms with E-state index in [1.54, 1.807) is 24.3 Å². The number of aliphatic hydroxyl groups excluding tert-OH is 3. The number of hydrogen-bond donors (Lipinski definition) is 4. The van der Waals surface area contributed by atoms with E-state index in [2.05, 4.69) is 20.3 Å². The van der Waals surface area contributed by atoms with Crippen LogP contribution in [0.2, 0.25) is 0 Å². The summed E-state index contributed by atoms with van der Waals surface area (Å²) >= 11 is 0. The van der Waals surface area contributed by atoms with Gasteiger partial charge in [-0.2, -0.15) is 0 Å². The minimum atomic E-state index is -1.28. The largest absolute Gasteiger partial charge is 0.497 e. The van der Waals surface area contributed by atoms with Crippen LogP contribution in [0.4, 0.5) is 5.82 Å². The lowest BCUT2D eigenvalue weighted by Crippen LogP contribution is -2.33. The monoisotopic (exact) mass is 419 g/mol. The Kier molecular flexibility index (Phi) is 6.24. The van der Waals surface area contributed by atoms with Crippen molar-refractivity contribution < 1.29 is 35.1 Å². The van der Waals surface area contributed by atoms with Gasteiger partial charge in [-0.25, -0.2) is 15.0 Å². The summed E-state index contributed by atoms with van der Waals surface area (Å²) in [5.74, 6) is 0.416. The number of carbonyl (C=O) groups excluding carboxylic acids is 1. The van der Waals surface area contributed by atoms with Crippen LogP contribution in [0, 0.1) is 0 Å². The van der Waals surface area contributed by atoms with Crippen LogP contribution in [0.25, 0.3) is 11.2 Å². The Balaban J connectivity index is 0.00000256. The van der Waals surface area contributed by atoms with Gasteiger partial charge in [0.15, 0.2) is 23.2 Å². The van der Waals surface area contributed by atoms with Gasteiger partial charge in [-0.15, -0.1) is 0 Å². The van der Waals surface area contributed by atoms with Gasteiger partial charge < -0.3 is 35.6 Å². The fourth-order valence-corrected chi connectivity index (χ4v) is 3.16. The number of anilines is 1. The number of nitrogens with zero attached hydrogens (tertiary/aromatic N) is 4. The van der Waals surface area contributed by atoms with Crippen LogP contribution >= 0.6 is 0 Å². The lowest BCUT2D eigenvalue weighted by atomic mass is 10.1. The molecule has 30 heavy (non-hydrogen) atoms. The summed E-state index contributed by atoms with van der Waals surface area (Å²) < 4.78 is 12.0. The maximum absolute atomic E-state index is 12.5. The van der Waals surface area contributed by atoms with E-state index < -0.39 is 37.1 Å². The molecule has 0 saturated carbocycles. The van der Waals surface area contributed by atoms with Gasteiger partial charge >= 0.3 is 0 Å². The van der Waals surface area contributed by atoms with Crippen molar-refractivity contribution in [2.24, 2.45) is 0 Å². The van der Waals surface area contributed by atoms with Crippen LogP contribution in [-0.4, -0.2) is 78.3 Å². The SMILES string of the molecule is COc1ccc(C(=O)Nc2ncnc3c2ncn3[C@@H]2O[C@H](CO)[C@@H](O)[C@H]2O)cc1.O. The molecule has 4 atom stereocenters. The van der Waals surface area contributed by atoms with Crippen molar-refractivity contribution >= 4 is 22.9 Å². The van der Waals surface area contributed by atoms with Crippen LogP contribution < -0.4 is 10.1 Å². The smallest absolute Gasteiger partial charge is 0.256 e. The Morgan fingerprint density at radius 2 is 1.93 bits per heavy atom. The predicted octanol–water partition coefficient (Wildman–Crippen LogP) is -1.13. The topological polar surface area (TPSA) is 183 Å². The Morgan fingerprint density at radius 1 is 1.20 bits per heavy atom. The zero-order valence-corrected chi connectivity index (χ0v) is 15.8. The molecule has 1 aliphatic heterocycles. The first-order valence-corrected chi connectivity index (χ1v) is 8.79. The van der Waals surface area contributed by atoms with E-state index in [1.165, 1.54) is 24.3 Å². The number of ether oxygens (including phenoxy) is 2. The standard InChI is InChI=1S/C18H19N5O6.H2O/c1-28-10-4-2-9(3-5-10)17(27)22-15-12-16(20-7-19-15)23(8-21-12)18-14(26)13(25)11(6-24)29-18;/h2-5,7-8,11,13-14,18,24-26H,6H2,1H3,(H,19,20,22,27);1H2/t11-,13-,14-,18-;/m1./s1. The third-order valence-corrected chi connectivity index (χ3v) is 4.73. The fourth-order valence-electron chi connectivity index (χ4n) is 3.16. The van der Waals surface area contributed by atoms with Gasteiger partial charge in [-0.05, 0) is 24.3 Å². The maximum atomic E-state index is 12.5. The average molecular weight is 419 g/mol. The second-order valence-corrected chi connectivity index (χ2v) is 6.46. The van der Waals surface area contributed by atoms with E-state index in [0.29, 0.717) is 17.0 Å². The van der Waals surface area contributed by atoms with Crippen LogP contribution in [0.1, 0.15) is 16.6 Å². The summed E-state index contributed by atoms with van der Waals surface area (Å²) in [5.41, 5.74) is 0.979. The number of aliphatic hydroxyl groups is 3. The summed E-state index contributed by atoms with van der Waals surface area (Å²) in [7, 11) is 1.54. The van der Waals surface area contributed by atoms with Crippen molar-refractivity contribution in [2.45, 2.75) is 24.5 Å². The van der Waals surface area contributed by atoms with Crippen molar-refractivity contribution in [3.63, 3.8) is 0 Å². The van der Waals surface area contributed by atoms with Crippen molar-refractivity contribution in [1.29, 1.82) is 0 Å². The Labute approximate surface area is 170 Å². The number of benzene rings is 1. The highest BCUT2D eigenvalue weighted by Gasteiger charge is 2.44. The summed E-state index contributed by atoms with van der Waals surface area (Å²) in [5, 5.41) is 32.2. The van der Waals surface area contributed by atoms with Gasteiger partial charge in [-0.3, -0.25) is 9.36 Å². The molecule has 3 aromatic rings. The van der Waals surface area contributed by atoms with Gasteiger partial charge in [0.25, 0.3) is 5.91 Å². The lowest BCUT2D eigenvalue weighted by Gasteiger charge is -2.16. The fraction of sp³-hybridized carbons (Fsp3) is 0.333. The van der Waals surface area contributed by atoms with Gasteiger partial charge in [0.2, 0.25) is 0 Å². The third-order valence-electron chi connectivity index (χ3n) is 4.73. The molecule has 0 aliphatic carbocycles. The first-order valence-electron chi connectivity index (χ1n) is 8.79. The van der Waals surface area contributed by atoms with E-state index >= 15 is 0 Å². The Bertz CT molecular complexity index is 1030. The van der Waals surface area contributed by atoms with E-state index in [4.69, 9.17) is 9.47 Å². The van der Waals surface area contributed by atoms with Gasteiger partial charge in [0.05, 0.1) is 20.0 Å². The van der Waals surface area contributed by atoms with Crippen LogP contribution in [0.3, 0.4) is 0 Å². The normalized spacial score (nSPS) is 23.2. The van der Waals surface area contributed by atoms with Crippen molar-refractivity contribution in [1.82, 2.24) is 19.5 Å². The molecule has 1 fully saturated rings. The first-order chi connectivity index (χ1) is 14.0. The number of amides is 1. The minimum absolute atomic E-state index is 0. The number of hydrogen-bond acceptors (Lipinski definition) is 9. The number of imidazole rings is 1. The number of carbonyl (C=O) groups is 1. The molecule has 1 amide bonds. The molecule has 2 aromatic heterocycles. The number of rotatable bonds is 5. The summed E-state index contributed by atoms with van der Waals surface area (Å²) in [6.45, 7) is -0.445. The van der Waals surface area contributed by atoms with E-state index in [-0.39, 0.29) is 16.8 Å². The molecule has 4 rings (SSSR count). The number of fused-ring (bicyclic) bond motifs is 1. The van der Waals surface area contributed by atoms with Crippen molar-refractivity contribution in [3.8, 4) is 5.75 Å². The number of aromatic nitrogens is 4. The molecule has 1 aromatic carbocycles. The zero-order valence-electron chi connectivity index (χ0n) is 15.8. The number of nitrogens with one attached hydrogen (secondary N) is 1. The summed E-state index contributed by atoms with van der Waals surface area (Å²) in [4.78, 5) is 25.0. The van der Waals surface area contributed by atoms with Crippen LogP contribution in [0.5, 0.6) is 5.75 Å². The quantitative estimate of drug-likeness (QED) is 0.397. The highest BCUT2D eigenvalue weighted by Crippen LogP contribution is 2.32. The number of methoxy groups -OCH3 is 1. The third kappa shape index (κ3) is 3.69. The molecule has 12 nitrogen and oxygen atoms in total. The minimum Gasteiger partial charge on any atom is -0.497 e. The summed E-state index contributed by atoms with van der Waals surface area (Å²) in [6.07, 6.45) is -1.85. The predicted molar refractivity (Wildman–Crippen MR) is 103 cm³/mol. The molecule has 3 heterocycles. The molecule has 160 valence electrons. The highest BCUT2D eigenvalue weighted by molar-refractivity contribution is 6.06. The molecule has 12 heteroatoms. The molecular weight excluding hydrogens is 398 g/mol. The molecule has 1 aliphatic rings. The van der Waals surface area contributed by atoms with Gasteiger partial charge in [0, 0.05) is 5.56 Å². The zero-order chi connectivity index (χ0) is 20.5. The Morgan fingerprint density at radius 3 is 2.57 bits per heavy atom. The molecular formula is C18H21N5O7. The van der Waals surface area contributed by atoms with E-state index in [9.17, 15) is 20.1 Å². The average Bonchev–Trinajstić information content (AvgIpc) is 3.30. The molecule has 0 unspecified atom stereocenters. The first kappa shape index (κ1) is 21.5. The highest BCUT2D eigenvalue weighted by atomic mass is 16.6.